The van der Waals surface area contributed by atoms with Gasteiger partial charge in [0.2, 0.25) is 0 Å². The summed E-state index contributed by atoms with van der Waals surface area (Å²) in [6.45, 7) is 6.36. The van der Waals surface area contributed by atoms with Crippen molar-refractivity contribution in [2.75, 3.05) is 13.7 Å². The molecule has 0 fully saturated rings. The number of methoxy groups -OCH3 is 1. The summed E-state index contributed by atoms with van der Waals surface area (Å²) < 4.78 is 5.04. The maximum absolute atomic E-state index is 12.4. The van der Waals surface area contributed by atoms with E-state index in [9.17, 15) is 4.79 Å². The lowest BCUT2D eigenvalue weighted by Gasteiger charge is -2.22. The normalized spacial score (nSPS) is 11.1. The zero-order valence-corrected chi connectivity index (χ0v) is 15.5. The van der Waals surface area contributed by atoms with E-state index < -0.39 is 0 Å². The van der Waals surface area contributed by atoms with Crippen molar-refractivity contribution < 1.29 is 9.53 Å². The van der Waals surface area contributed by atoms with E-state index in [4.69, 9.17) is 9.72 Å². The molecule has 0 saturated heterocycles. The van der Waals surface area contributed by atoms with Crippen molar-refractivity contribution in [1.82, 2.24) is 9.88 Å². The monoisotopic (exact) mass is 348 g/mol. The lowest BCUT2D eigenvalue weighted by molar-refractivity contribution is 0.0597. The second-order valence-corrected chi connectivity index (χ2v) is 6.36. The van der Waals surface area contributed by atoms with E-state index in [-0.39, 0.29) is 5.97 Å². The molecule has 0 N–H and O–H groups in total. The summed E-state index contributed by atoms with van der Waals surface area (Å²) in [4.78, 5) is 19.5. The van der Waals surface area contributed by atoms with Crippen LogP contribution in [0.5, 0.6) is 0 Å². The minimum Gasteiger partial charge on any atom is -0.465 e. The first-order valence-corrected chi connectivity index (χ1v) is 8.86. The molecule has 1 heterocycles. The first-order valence-electron chi connectivity index (χ1n) is 8.86. The highest BCUT2D eigenvalue weighted by molar-refractivity contribution is 5.98. The van der Waals surface area contributed by atoms with Gasteiger partial charge in [-0.1, -0.05) is 55.5 Å². The molecule has 4 nitrogen and oxygen atoms in total. The fraction of sp³-hybridized carbons (Fsp3) is 0.273. The quantitative estimate of drug-likeness (QED) is 0.621. The first kappa shape index (κ1) is 18.1. The van der Waals surface area contributed by atoms with Crippen LogP contribution in [0.3, 0.4) is 0 Å². The largest absolute Gasteiger partial charge is 0.465 e. The van der Waals surface area contributed by atoms with Crippen molar-refractivity contribution in [1.29, 1.82) is 0 Å². The highest BCUT2D eigenvalue weighted by atomic mass is 16.5. The van der Waals surface area contributed by atoms with Crippen LogP contribution in [-0.4, -0.2) is 29.5 Å². The van der Waals surface area contributed by atoms with Gasteiger partial charge in [-0.25, -0.2) is 4.79 Å². The molecule has 0 aliphatic carbocycles. The molecule has 0 radical (unpaired) electrons. The van der Waals surface area contributed by atoms with Crippen LogP contribution in [0.15, 0.2) is 54.6 Å². The molecule has 0 unspecified atom stereocenters. The third-order valence-corrected chi connectivity index (χ3v) is 4.69. The van der Waals surface area contributed by atoms with Gasteiger partial charge in [0.15, 0.2) is 0 Å². The Labute approximate surface area is 154 Å². The summed E-state index contributed by atoms with van der Waals surface area (Å²) >= 11 is 0. The molecule has 0 aliphatic rings. The Morgan fingerprint density at radius 2 is 1.73 bits per heavy atom. The number of nitrogens with zero attached hydrogens (tertiary/aromatic N) is 2. The molecule has 26 heavy (non-hydrogen) atoms. The summed E-state index contributed by atoms with van der Waals surface area (Å²) in [5, 5.41) is 0.989. The highest BCUT2D eigenvalue weighted by Gasteiger charge is 2.20. The summed E-state index contributed by atoms with van der Waals surface area (Å²) in [6, 6.07) is 18.2. The van der Waals surface area contributed by atoms with Gasteiger partial charge in [-0.3, -0.25) is 9.88 Å². The van der Waals surface area contributed by atoms with E-state index >= 15 is 0 Å². The molecule has 3 aromatic rings. The van der Waals surface area contributed by atoms with E-state index in [2.05, 4.69) is 24.0 Å². The number of rotatable bonds is 6. The van der Waals surface area contributed by atoms with Gasteiger partial charge >= 0.3 is 5.97 Å². The zero-order valence-electron chi connectivity index (χ0n) is 15.5. The number of hydrogen-bond donors (Lipinski definition) is 0. The lowest BCUT2D eigenvalue weighted by atomic mass is 10.0. The molecule has 0 amide bonds. The van der Waals surface area contributed by atoms with Gasteiger partial charge in [-0.2, -0.15) is 0 Å². The molecule has 0 aliphatic heterocycles. The predicted molar refractivity (Wildman–Crippen MR) is 104 cm³/mol. The number of hydrogen-bond acceptors (Lipinski definition) is 4. The molecule has 0 saturated carbocycles. The van der Waals surface area contributed by atoms with Crippen LogP contribution >= 0.6 is 0 Å². The zero-order chi connectivity index (χ0) is 18.5. The number of ether oxygens (including phenoxy) is 1. The fourth-order valence-electron chi connectivity index (χ4n) is 3.26. The summed E-state index contributed by atoms with van der Waals surface area (Å²) in [5.74, 6) is -0.327. The molecule has 4 heteroatoms. The second-order valence-electron chi connectivity index (χ2n) is 6.36. The van der Waals surface area contributed by atoms with Crippen LogP contribution in [0.25, 0.3) is 10.9 Å². The lowest BCUT2D eigenvalue weighted by Crippen LogP contribution is -2.25. The molecule has 134 valence electrons. The average Bonchev–Trinajstić information content (AvgIpc) is 2.68. The molecule has 1 aromatic heterocycles. The Balaban J connectivity index is 2.00. The van der Waals surface area contributed by atoms with Crippen LogP contribution in [0, 0.1) is 6.92 Å². The van der Waals surface area contributed by atoms with Crippen LogP contribution in [0.1, 0.15) is 34.1 Å². The van der Waals surface area contributed by atoms with Crippen molar-refractivity contribution >= 4 is 16.9 Å². The average molecular weight is 348 g/mol. The van der Waals surface area contributed by atoms with Crippen LogP contribution < -0.4 is 0 Å². The number of pyridine rings is 1. The van der Waals surface area contributed by atoms with Gasteiger partial charge < -0.3 is 4.74 Å². The number of carbonyl (C=O) groups is 1. The Kier molecular flexibility index (Phi) is 5.64. The molecule has 0 bridgehead atoms. The van der Waals surface area contributed by atoms with Crippen LogP contribution in [-0.2, 0) is 17.8 Å². The second kappa shape index (κ2) is 8.11. The molecule has 3 rings (SSSR count). The van der Waals surface area contributed by atoms with E-state index in [0.717, 1.165) is 35.2 Å². The Bertz CT molecular complexity index is 907. The van der Waals surface area contributed by atoms with Crippen molar-refractivity contribution in [2.24, 2.45) is 0 Å². The number of carbonyl (C=O) groups excluding carboxylic acids is 1. The maximum atomic E-state index is 12.4. The van der Waals surface area contributed by atoms with Gasteiger partial charge in [-0.05, 0) is 30.7 Å². The van der Waals surface area contributed by atoms with E-state index in [1.165, 1.54) is 12.7 Å². The van der Waals surface area contributed by atoms with Gasteiger partial charge in [0, 0.05) is 18.5 Å². The van der Waals surface area contributed by atoms with Crippen molar-refractivity contribution in [3.8, 4) is 0 Å². The number of esters is 1. The molecular weight excluding hydrogens is 324 g/mol. The van der Waals surface area contributed by atoms with Gasteiger partial charge in [0.25, 0.3) is 0 Å². The highest BCUT2D eigenvalue weighted by Crippen LogP contribution is 2.25. The number of para-hydroxylation sites is 1. The predicted octanol–water partition coefficient (Wildman–Crippen LogP) is 4.35. The van der Waals surface area contributed by atoms with Gasteiger partial charge in [0.05, 0.1) is 23.9 Å². The van der Waals surface area contributed by atoms with Crippen LogP contribution in [0.4, 0.5) is 0 Å². The summed E-state index contributed by atoms with van der Waals surface area (Å²) in [7, 11) is 1.42. The number of aryl methyl sites for hydroxylation is 1. The fourth-order valence-corrected chi connectivity index (χ4v) is 3.26. The Morgan fingerprint density at radius 3 is 2.42 bits per heavy atom. The van der Waals surface area contributed by atoms with Crippen molar-refractivity contribution in [3.63, 3.8) is 0 Å². The van der Waals surface area contributed by atoms with E-state index in [0.29, 0.717) is 12.1 Å². The number of benzene rings is 2. The van der Waals surface area contributed by atoms with Crippen molar-refractivity contribution in [2.45, 2.75) is 26.9 Å². The first-order chi connectivity index (χ1) is 12.6. The summed E-state index contributed by atoms with van der Waals surface area (Å²) in [5.41, 5.74) is 4.42. The Morgan fingerprint density at radius 1 is 1.04 bits per heavy atom. The van der Waals surface area contributed by atoms with Crippen molar-refractivity contribution in [3.05, 3.63) is 77.0 Å². The van der Waals surface area contributed by atoms with E-state index in [1.54, 1.807) is 0 Å². The van der Waals surface area contributed by atoms with Crippen LogP contribution in [0.2, 0.25) is 0 Å². The standard InChI is InChI=1S/C22H24N2O2/c1-4-24(14-17-10-6-5-7-11-17)15-20-21(22(25)26-3)16(2)18-12-8-9-13-19(18)23-20/h5-13H,4,14-15H2,1-3H3. The Hall–Kier alpha value is -2.72. The molecule has 2 aromatic carbocycles. The van der Waals surface area contributed by atoms with Gasteiger partial charge in [0.1, 0.15) is 0 Å². The van der Waals surface area contributed by atoms with E-state index in [1.807, 2.05) is 49.4 Å². The minimum absolute atomic E-state index is 0.327. The maximum Gasteiger partial charge on any atom is 0.340 e. The SMILES string of the molecule is CCN(Cc1ccccc1)Cc1nc2ccccc2c(C)c1C(=O)OC. The summed E-state index contributed by atoms with van der Waals surface area (Å²) in [6.07, 6.45) is 0. The third-order valence-electron chi connectivity index (χ3n) is 4.69. The minimum atomic E-state index is -0.327. The molecule has 0 spiro atoms. The number of aromatic nitrogens is 1. The number of fused-ring (bicyclic) bond motifs is 1. The topological polar surface area (TPSA) is 42.4 Å². The third kappa shape index (κ3) is 3.75. The molecule has 0 atom stereocenters. The van der Waals surface area contributed by atoms with Gasteiger partial charge in [-0.15, -0.1) is 0 Å². The molecular formula is C22H24N2O2. The smallest absolute Gasteiger partial charge is 0.340 e.